The third-order valence-electron chi connectivity index (χ3n) is 4.02. The Kier molecular flexibility index (Phi) is 7.11. The maximum absolute atomic E-state index is 12.2. The molecule has 2 N–H and O–H groups in total. The zero-order chi connectivity index (χ0) is 20.0. The second-order valence-corrected chi connectivity index (χ2v) is 7.52. The zero-order valence-electron chi connectivity index (χ0n) is 15.4. The van der Waals surface area contributed by atoms with E-state index in [0.29, 0.717) is 27.0 Å². The first-order chi connectivity index (χ1) is 12.7. The summed E-state index contributed by atoms with van der Waals surface area (Å²) in [6.07, 6.45) is 0.824. The molecule has 0 fully saturated rings. The highest BCUT2D eigenvalue weighted by molar-refractivity contribution is 6.35. The Labute approximate surface area is 169 Å². The van der Waals surface area contributed by atoms with Crippen LogP contribution < -0.4 is 15.4 Å². The van der Waals surface area contributed by atoms with Crippen molar-refractivity contribution in [2.75, 3.05) is 11.9 Å². The maximum atomic E-state index is 12.2. The average molecular weight is 409 g/mol. The van der Waals surface area contributed by atoms with Gasteiger partial charge in [-0.05, 0) is 62.7 Å². The summed E-state index contributed by atoms with van der Waals surface area (Å²) in [6.45, 7) is 5.74. The van der Waals surface area contributed by atoms with E-state index in [1.807, 2.05) is 20.8 Å². The monoisotopic (exact) mass is 408 g/mol. The van der Waals surface area contributed by atoms with E-state index in [0.717, 1.165) is 6.42 Å². The summed E-state index contributed by atoms with van der Waals surface area (Å²) in [7, 11) is 0. The summed E-state index contributed by atoms with van der Waals surface area (Å²) >= 11 is 11.8. The molecular weight excluding hydrogens is 387 g/mol. The van der Waals surface area contributed by atoms with Crippen molar-refractivity contribution in [2.45, 2.75) is 32.7 Å². The smallest absolute Gasteiger partial charge is 0.262 e. The van der Waals surface area contributed by atoms with Gasteiger partial charge < -0.3 is 15.4 Å². The van der Waals surface area contributed by atoms with Crippen molar-refractivity contribution in [3.63, 3.8) is 0 Å². The number of hydrogen-bond acceptors (Lipinski definition) is 3. The first-order valence-electron chi connectivity index (χ1n) is 8.50. The predicted molar refractivity (Wildman–Crippen MR) is 109 cm³/mol. The topological polar surface area (TPSA) is 67.4 Å². The lowest BCUT2D eigenvalue weighted by atomic mass is 10.0. The third kappa shape index (κ3) is 6.45. The van der Waals surface area contributed by atoms with Gasteiger partial charge in [-0.3, -0.25) is 9.59 Å². The Hall–Kier alpha value is -2.24. The van der Waals surface area contributed by atoms with Crippen molar-refractivity contribution < 1.29 is 14.3 Å². The van der Waals surface area contributed by atoms with Gasteiger partial charge in [0, 0.05) is 21.8 Å². The van der Waals surface area contributed by atoms with Crippen molar-refractivity contribution >= 4 is 40.7 Å². The third-order valence-corrected chi connectivity index (χ3v) is 4.55. The quantitative estimate of drug-likeness (QED) is 0.682. The molecule has 5 nitrogen and oxygen atoms in total. The lowest BCUT2D eigenvalue weighted by Gasteiger charge is -2.24. The summed E-state index contributed by atoms with van der Waals surface area (Å²) in [5.74, 6) is -0.118. The molecule has 0 radical (unpaired) electrons. The minimum atomic E-state index is -0.342. The van der Waals surface area contributed by atoms with Gasteiger partial charge in [-0.2, -0.15) is 0 Å². The van der Waals surface area contributed by atoms with E-state index in [9.17, 15) is 9.59 Å². The molecule has 2 aromatic rings. The first kappa shape index (κ1) is 21.1. The van der Waals surface area contributed by atoms with Gasteiger partial charge in [-0.25, -0.2) is 0 Å². The number of amides is 2. The number of halogens is 2. The molecule has 0 unspecified atom stereocenters. The maximum Gasteiger partial charge on any atom is 0.262 e. The second-order valence-electron chi connectivity index (χ2n) is 6.68. The van der Waals surface area contributed by atoms with Crippen LogP contribution in [0.1, 0.15) is 37.6 Å². The van der Waals surface area contributed by atoms with Gasteiger partial charge >= 0.3 is 0 Å². The Morgan fingerprint density at radius 2 is 1.74 bits per heavy atom. The van der Waals surface area contributed by atoms with Crippen LogP contribution in [0.5, 0.6) is 5.75 Å². The molecule has 0 aliphatic rings. The van der Waals surface area contributed by atoms with E-state index < -0.39 is 0 Å². The van der Waals surface area contributed by atoms with Gasteiger partial charge in [-0.1, -0.05) is 30.1 Å². The SMILES string of the molecule is CCC(C)(C)NC(=O)c1ccc(NC(=O)COc2ccc(Cl)cc2Cl)cc1. The minimum absolute atomic E-state index is 0.152. The fourth-order valence-electron chi connectivity index (χ4n) is 2.11. The molecule has 7 heteroatoms. The average Bonchev–Trinajstić information content (AvgIpc) is 2.61. The van der Waals surface area contributed by atoms with Crippen LogP contribution in [0.2, 0.25) is 10.0 Å². The molecule has 0 aromatic heterocycles. The van der Waals surface area contributed by atoms with Gasteiger partial charge in [0.25, 0.3) is 11.8 Å². The Bertz CT molecular complexity index is 820. The number of ether oxygens (including phenoxy) is 1. The number of carbonyl (C=O) groups excluding carboxylic acids is 2. The van der Waals surface area contributed by atoms with E-state index in [4.69, 9.17) is 27.9 Å². The standard InChI is InChI=1S/C20H22Cl2N2O3/c1-4-20(2,3)24-19(26)13-5-8-15(9-6-13)23-18(25)12-27-17-10-7-14(21)11-16(17)22/h5-11H,4,12H2,1-3H3,(H,23,25)(H,24,26). The van der Waals surface area contributed by atoms with Crippen LogP contribution in [0.15, 0.2) is 42.5 Å². The molecule has 0 aliphatic heterocycles. The number of hydrogen-bond donors (Lipinski definition) is 2. The number of rotatable bonds is 7. The van der Waals surface area contributed by atoms with Crippen molar-refractivity contribution in [1.82, 2.24) is 5.32 Å². The molecule has 27 heavy (non-hydrogen) atoms. The van der Waals surface area contributed by atoms with Crippen LogP contribution in [0.3, 0.4) is 0 Å². The van der Waals surface area contributed by atoms with Crippen LogP contribution in [0.25, 0.3) is 0 Å². The zero-order valence-corrected chi connectivity index (χ0v) is 16.9. The molecule has 0 saturated heterocycles. The molecule has 0 atom stereocenters. The van der Waals surface area contributed by atoms with Crippen molar-refractivity contribution in [2.24, 2.45) is 0 Å². The lowest BCUT2D eigenvalue weighted by molar-refractivity contribution is -0.118. The molecule has 2 rings (SSSR count). The van der Waals surface area contributed by atoms with Gasteiger partial charge in [0.2, 0.25) is 0 Å². The Morgan fingerprint density at radius 1 is 1.07 bits per heavy atom. The van der Waals surface area contributed by atoms with E-state index in [2.05, 4.69) is 10.6 Å². The van der Waals surface area contributed by atoms with E-state index >= 15 is 0 Å². The fraction of sp³-hybridized carbons (Fsp3) is 0.300. The largest absolute Gasteiger partial charge is 0.482 e. The highest BCUT2D eigenvalue weighted by Gasteiger charge is 2.18. The minimum Gasteiger partial charge on any atom is -0.482 e. The molecule has 2 aromatic carbocycles. The van der Waals surface area contributed by atoms with Crippen LogP contribution >= 0.6 is 23.2 Å². The summed E-state index contributed by atoms with van der Waals surface area (Å²) in [4.78, 5) is 24.3. The normalized spacial score (nSPS) is 11.0. The molecule has 0 heterocycles. The van der Waals surface area contributed by atoms with Crippen molar-refractivity contribution in [3.8, 4) is 5.75 Å². The molecular formula is C20H22Cl2N2O3. The van der Waals surface area contributed by atoms with Crippen LogP contribution in [-0.2, 0) is 4.79 Å². The lowest BCUT2D eigenvalue weighted by Crippen LogP contribution is -2.42. The summed E-state index contributed by atoms with van der Waals surface area (Å²) in [6, 6.07) is 11.4. The molecule has 0 bridgehead atoms. The van der Waals surface area contributed by atoms with Gasteiger partial charge in [0.1, 0.15) is 5.75 Å². The molecule has 144 valence electrons. The molecule has 0 saturated carbocycles. The van der Waals surface area contributed by atoms with E-state index in [-0.39, 0.29) is 24.0 Å². The molecule has 0 aliphatic carbocycles. The van der Waals surface area contributed by atoms with Crippen molar-refractivity contribution in [1.29, 1.82) is 0 Å². The van der Waals surface area contributed by atoms with Crippen molar-refractivity contribution in [3.05, 3.63) is 58.1 Å². The molecule has 2 amide bonds. The highest BCUT2D eigenvalue weighted by Crippen LogP contribution is 2.27. The van der Waals surface area contributed by atoms with Crippen LogP contribution in [0, 0.1) is 0 Å². The highest BCUT2D eigenvalue weighted by atomic mass is 35.5. The Balaban J connectivity index is 1.90. The van der Waals surface area contributed by atoms with Crippen LogP contribution in [-0.4, -0.2) is 24.0 Å². The number of anilines is 1. The van der Waals surface area contributed by atoms with Gasteiger partial charge in [-0.15, -0.1) is 0 Å². The predicted octanol–water partition coefficient (Wildman–Crippen LogP) is 4.93. The second kappa shape index (κ2) is 9.11. The molecule has 0 spiro atoms. The van der Waals surface area contributed by atoms with E-state index in [1.165, 1.54) is 0 Å². The number of carbonyl (C=O) groups is 2. The first-order valence-corrected chi connectivity index (χ1v) is 9.26. The van der Waals surface area contributed by atoms with E-state index in [1.54, 1.807) is 42.5 Å². The number of nitrogens with one attached hydrogen (secondary N) is 2. The van der Waals surface area contributed by atoms with Gasteiger partial charge in [0.15, 0.2) is 6.61 Å². The summed E-state index contributed by atoms with van der Waals surface area (Å²) < 4.78 is 5.39. The summed E-state index contributed by atoms with van der Waals surface area (Å²) in [5, 5.41) is 6.49. The Morgan fingerprint density at radius 3 is 2.33 bits per heavy atom. The van der Waals surface area contributed by atoms with Crippen LogP contribution in [0.4, 0.5) is 5.69 Å². The van der Waals surface area contributed by atoms with Gasteiger partial charge in [0.05, 0.1) is 5.02 Å². The fourth-order valence-corrected chi connectivity index (χ4v) is 2.57. The summed E-state index contributed by atoms with van der Waals surface area (Å²) in [5.41, 5.74) is 0.820. The number of benzene rings is 2.